The fourth-order valence-electron chi connectivity index (χ4n) is 2.83. The molecule has 1 aromatic carbocycles. The van der Waals surface area contributed by atoms with E-state index in [9.17, 15) is 0 Å². The van der Waals surface area contributed by atoms with E-state index in [1.807, 2.05) is 12.1 Å². The van der Waals surface area contributed by atoms with Crippen molar-refractivity contribution in [3.05, 3.63) is 34.1 Å². The molecule has 5 nitrogen and oxygen atoms in total. The summed E-state index contributed by atoms with van der Waals surface area (Å²) in [6, 6.07) is 5.42. The first-order chi connectivity index (χ1) is 11.6. The molecule has 1 aliphatic heterocycles. The van der Waals surface area contributed by atoms with Crippen LogP contribution < -0.4 is 0 Å². The molecule has 0 saturated carbocycles. The highest BCUT2D eigenvalue weighted by atomic mass is 35.5. The highest BCUT2D eigenvalue weighted by Gasteiger charge is 2.15. The summed E-state index contributed by atoms with van der Waals surface area (Å²) in [7, 11) is 2.18. The van der Waals surface area contributed by atoms with Gasteiger partial charge in [-0.05, 0) is 38.6 Å². The largest absolute Gasteiger partial charge is 0.339 e. The Morgan fingerprint density at radius 1 is 1.12 bits per heavy atom. The minimum Gasteiger partial charge on any atom is -0.339 e. The van der Waals surface area contributed by atoms with E-state index in [0.717, 1.165) is 52.0 Å². The van der Waals surface area contributed by atoms with Gasteiger partial charge in [0.1, 0.15) is 0 Å². The molecule has 1 aliphatic rings. The van der Waals surface area contributed by atoms with Gasteiger partial charge in [-0.15, -0.1) is 0 Å². The van der Waals surface area contributed by atoms with Crippen molar-refractivity contribution < 1.29 is 4.52 Å². The molecule has 0 N–H and O–H groups in total. The van der Waals surface area contributed by atoms with Crippen LogP contribution in [0.15, 0.2) is 22.7 Å². The van der Waals surface area contributed by atoms with E-state index in [2.05, 4.69) is 27.0 Å². The standard InChI is InChI=1S/C17H22Cl2N4O/c1-22-9-11-23(12-10-22)8-3-2-7-15-20-17(21-24-15)13-5-4-6-14(18)16(13)19/h4-6H,2-3,7-12H2,1H3. The number of benzene rings is 1. The predicted molar refractivity (Wildman–Crippen MR) is 96.6 cm³/mol. The van der Waals surface area contributed by atoms with Crippen molar-refractivity contribution in [1.82, 2.24) is 19.9 Å². The van der Waals surface area contributed by atoms with Gasteiger partial charge in [0, 0.05) is 38.2 Å². The molecule has 2 heterocycles. The summed E-state index contributed by atoms with van der Waals surface area (Å²) in [6.45, 7) is 5.78. The summed E-state index contributed by atoms with van der Waals surface area (Å²) in [5.74, 6) is 1.15. The van der Waals surface area contributed by atoms with E-state index >= 15 is 0 Å². The van der Waals surface area contributed by atoms with Gasteiger partial charge < -0.3 is 14.3 Å². The number of rotatable bonds is 6. The van der Waals surface area contributed by atoms with Gasteiger partial charge in [-0.25, -0.2) is 0 Å². The zero-order chi connectivity index (χ0) is 16.9. The molecule has 24 heavy (non-hydrogen) atoms. The van der Waals surface area contributed by atoms with Crippen LogP contribution in [0.4, 0.5) is 0 Å². The summed E-state index contributed by atoms with van der Waals surface area (Å²) in [5.41, 5.74) is 0.705. The maximum atomic E-state index is 6.20. The molecule has 1 aromatic heterocycles. The highest BCUT2D eigenvalue weighted by molar-refractivity contribution is 6.43. The maximum absolute atomic E-state index is 6.20. The van der Waals surface area contributed by atoms with Crippen LogP contribution in [0.3, 0.4) is 0 Å². The lowest BCUT2D eigenvalue weighted by Gasteiger charge is -2.32. The van der Waals surface area contributed by atoms with Crippen LogP contribution in [0.1, 0.15) is 18.7 Å². The quantitative estimate of drug-likeness (QED) is 0.728. The third-order valence-electron chi connectivity index (χ3n) is 4.37. The van der Waals surface area contributed by atoms with Crippen molar-refractivity contribution in [3.63, 3.8) is 0 Å². The molecule has 0 amide bonds. The van der Waals surface area contributed by atoms with Crippen LogP contribution in [0.5, 0.6) is 0 Å². The molecular formula is C17H22Cl2N4O. The van der Waals surface area contributed by atoms with Gasteiger partial charge in [-0.1, -0.05) is 34.4 Å². The Morgan fingerprint density at radius 2 is 1.92 bits per heavy atom. The monoisotopic (exact) mass is 368 g/mol. The summed E-state index contributed by atoms with van der Waals surface area (Å²) in [4.78, 5) is 9.33. The van der Waals surface area contributed by atoms with Crippen LogP contribution >= 0.6 is 23.2 Å². The fraction of sp³-hybridized carbons (Fsp3) is 0.529. The van der Waals surface area contributed by atoms with Crippen LogP contribution in [-0.4, -0.2) is 59.7 Å². The first-order valence-corrected chi connectivity index (χ1v) is 9.07. The average molecular weight is 369 g/mol. The van der Waals surface area contributed by atoms with Crippen LogP contribution in [-0.2, 0) is 6.42 Å². The third-order valence-corrected chi connectivity index (χ3v) is 5.19. The van der Waals surface area contributed by atoms with E-state index < -0.39 is 0 Å². The van der Waals surface area contributed by atoms with Crippen molar-refractivity contribution in [2.24, 2.45) is 0 Å². The lowest BCUT2D eigenvalue weighted by Crippen LogP contribution is -2.44. The Hall–Kier alpha value is -1.14. The summed E-state index contributed by atoms with van der Waals surface area (Å²) in [6.07, 6.45) is 2.97. The molecule has 0 atom stereocenters. The van der Waals surface area contributed by atoms with E-state index in [1.165, 1.54) is 0 Å². The second-order valence-electron chi connectivity index (χ2n) is 6.22. The van der Waals surface area contributed by atoms with Crippen LogP contribution in [0, 0.1) is 0 Å². The molecule has 0 spiro atoms. The smallest absolute Gasteiger partial charge is 0.226 e. The lowest BCUT2D eigenvalue weighted by molar-refractivity contribution is 0.152. The Labute approximate surface area is 152 Å². The molecule has 1 fully saturated rings. The first-order valence-electron chi connectivity index (χ1n) is 8.31. The average Bonchev–Trinajstić information content (AvgIpc) is 3.04. The molecule has 3 rings (SSSR count). The normalized spacial score (nSPS) is 16.6. The summed E-state index contributed by atoms with van der Waals surface area (Å²) < 4.78 is 5.34. The van der Waals surface area contributed by atoms with Gasteiger partial charge in [0.25, 0.3) is 0 Å². The topological polar surface area (TPSA) is 45.4 Å². The summed E-state index contributed by atoms with van der Waals surface area (Å²) >= 11 is 12.2. The maximum Gasteiger partial charge on any atom is 0.226 e. The first kappa shape index (κ1) is 17.7. The van der Waals surface area contributed by atoms with Crippen LogP contribution in [0.25, 0.3) is 11.4 Å². The number of piperazine rings is 1. The highest BCUT2D eigenvalue weighted by Crippen LogP contribution is 2.31. The van der Waals surface area contributed by atoms with Crippen molar-refractivity contribution in [1.29, 1.82) is 0 Å². The Morgan fingerprint density at radius 3 is 2.71 bits per heavy atom. The molecule has 0 unspecified atom stereocenters. The third kappa shape index (κ3) is 4.48. The molecule has 7 heteroatoms. The molecular weight excluding hydrogens is 347 g/mol. The number of hydrogen-bond donors (Lipinski definition) is 0. The minimum absolute atomic E-state index is 0.460. The van der Waals surface area contributed by atoms with Gasteiger partial charge in [0.15, 0.2) is 0 Å². The number of halogens is 2. The zero-order valence-electron chi connectivity index (χ0n) is 13.8. The minimum atomic E-state index is 0.460. The van der Waals surface area contributed by atoms with Gasteiger partial charge in [-0.3, -0.25) is 0 Å². The second kappa shape index (κ2) is 8.30. The Balaban J connectivity index is 1.47. The molecule has 2 aromatic rings. The SMILES string of the molecule is CN1CCN(CCCCc2nc(-c3cccc(Cl)c3Cl)no2)CC1. The van der Waals surface area contributed by atoms with Gasteiger partial charge in [0.05, 0.1) is 10.0 Å². The van der Waals surface area contributed by atoms with Crippen molar-refractivity contribution >= 4 is 23.2 Å². The Kier molecular flexibility index (Phi) is 6.11. The zero-order valence-corrected chi connectivity index (χ0v) is 15.4. The molecule has 130 valence electrons. The number of nitrogens with zero attached hydrogens (tertiary/aromatic N) is 4. The predicted octanol–water partition coefficient (Wildman–Crippen LogP) is 3.61. The van der Waals surface area contributed by atoms with E-state index in [-0.39, 0.29) is 0 Å². The van der Waals surface area contributed by atoms with Crippen molar-refractivity contribution in [2.45, 2.75) is 19.3 Å². The fourth-order valence-corrected chi connectivity index (χ4v) is 3.21. The number of likely N-dealkylation sites (N-methyl/N-ethyl adjacent to an activating group) is 1. The van der Waals surface area contributed by atoms with Gasteiger partial charge in [0.2, 0.25) is 11.7 Å². The molecule has 1 saturated heterocycles. The van der Waals surface area contributed by atoms with Crippen molar-refractivity contribution in [3.8, 4) is 11.4 Å². The Bertz CT molecular complexity index is 668. The van der Waals surface area contributed by atoms with Crippen LogP contribution in [0.2, 0.25) is 10.0 Å². The number of unbranched alkanes of at least 4 members (excludes halogenated alkanes) is 1. The van der Waals surface area contributed by atoms with Crippen molar-refractivity contribution in [2.75, 3.05) is 39.8 Å². The molecule has 0 aliphatic carbocycles. The number of hydrogen-bond acceptors (Lipinski definition) is 5. The number of aromatic nitrogens is 2. The lowest BCUT2D eigenvalue weighted by atomic mass is 10.2. The number of aryl methyl sites for hydroxylation is 1. The van der Waals surface area contributed by atoms with E-state index in [1.54, 1.807) is 6.07 Å². The molecule has 0 radical (unpaired) electrons. The van der Waals surface area contributed by atoms with Gasteiger partial charge in [-0.2, -0.15) is 4.98 Å². The second-order valence-corrected chi connectivity index (χ2v) is 7.00. The molecule has 0 bridgehead atoms. The van der Waals surface area contributed by atoms with Gasteiger partial charge >= 0.3 is 0 Å². The summed E-state index contributed by atoms with van der Waals surface area (Å²) in [5, 5.41) is 4.97. The van der Waals surface area contributed by atoms with E-state index in [0.29, 0.717) is 27.3 Å². The van der Waals surface area contributed by atoms with E-state index in [4.69, 9.17) is 27.7 Å².